The predicted octanol–water partition coefficient (Wildman–Crippen LogP) is 18.9. The second kappa shape index (κ2) is 55.9. The van der Waals surface area contributed by atoms with Crippen molar-refractivity contribution in [3.63, 3.8) is 0 Å². The normalized spacial score (nSPS) is 12.8. The minimum Gasteiger partial charge on any atom is -0.462 e. The molecule has 1 unspecified atom stereocenters. The van der Waals surface area contributed by atoms with Gasteiger partial charge in [0.1, 0.15) is 13.2 Å². The maximum atomic E-state index is 12.8. The van der Waals surface area contributed by atoms with Crippen LogP contribution in [0.3, 0.4) is 0 Å². The average molecular weight is 946 g/mol. The number of esters is 3. The Balaban J connectivity index is 4.47. The van der Waals surface area contributed by atoms with E-state index in [0.29, 0.717) is 19.3 Å². The third kappa shape index (κ3) is 53.3. The number of allylic oxidation sites excluding steroid dienone is 16. The van der Waals surface area contributed by atoms with Crippen molar-refractivity contribution in [2.45, 2.75) is 264 Å². The molecule has 388 valence electrons. The van der Waals surface area contributed by atoms with Crippen LogP contribution in [0.4, 0.5) is 0 Å². The lowest BCUT2D eigenvalue weighted by Crippen LogP contribution is -2.30. The highest BCUT2D eigenvalue weighted by molar-refractivity contribution is 5.71. The molecule has 0 fully saturated rings. The van der Waals surface area contributed by atoms with Crippen LogP contribution in [0.1, 0.15) is 258 Å². The van der Waals surface area contributed by atoms with E-state index in [1.807, 2.05) is 0 Å². The molecule has 0 saturated heterocycles. The van der Waals surface area contributed by atoms with Crippen LogP contribution in [0.5, 0.6) is 0 Å². The van der Waals surface area contributed by atoms with Crippen molar-refractivity contribution in [2.24, 2.45) is 0 Å². The van der Waals surface area contributed by atoms with E-state index in [9.17, 15) is 14.4 Å². The molecule has 0 bridgehead atoms. The maximum absolute atomic E-state index is 12.8. The summed E-state index contributed by atoms with van der Waals surface area (Å²) in [7, 11) is 0. The molecule has 0 aromatic heterocycles. The lowest BCUT2D eigenvalue weighted by Gasteiger charge is -2.18. The maximum Gasteiger partial charge on any atom is 0.306 e. The van der Waals surface area contributed by atoms with Gasteiger partial charge >= 0.3 is 17.9 Å². The quantitative estimate of drug-likeness (QED) is 0.0199. The molecule has 0 aliphatic rings. The summed E-state index contributed by atoms with van der Waals surface area (Å²) in [6.45, 7) is 6.35. The first kappa shape index (κ1) is 64.3. The van der Waals surface area contributed by atoms with Gasteiger partial charge in [-0.15, -0.1) is 0 Å². The summed E-state index contributed by atoms with van der Waals surface area (Å²) in [4.78, 5) is 38.1. The van der Waals surface area contributed by atoms with Crippen LogP contribution in [0.2, 0.25) is 0 Å². The highest BCUT2D eigenvalue weighted by Crippen LogP contribution is 2.16. The molecule has 1 atom stereocenters. The number of hydrogen-bond donors (Lipinski definition) is 0. The third-order valence-corrected chi connectivity index (χ3v) is 11.9. The molecule has 0 saturated carbocycles. The van der Waals surface area contributed by atoms with Gasteiger partial charge in [-0.2, -0.15) is 0 Å². The Morgan fingerprint density at radius 1 is 0.324 bits per heavy atom. The van der Waals surface area contributed by atoms with Crippen LogP contribution >= 0.6 is 0 Å². The number of unbranched alkanes of at least 4 members (excludes halogenated alkanes) is 25. The van der Waals surface area contributed by atoms with E-state index in [2.05, 4.69) is 118 Å². The summed E-state index contributed by atoms with van der Waals surface area (Å²) in [5.41, 5.74) is 0. The standard InChI is InChI=1S/C62H104O6/c1-4-7-10-13-16-19-22-25-28-30-32-34-37-40-43-46-49-52-55-61(64)67-58-59(57-66-60(63)54-51-48-45-42-39-36-33-27-24-21-18-15-12-9-6-3)68-62(65)56-53-50-47-44-41-38-35-31-29-26-23-20-17-14-11-8-5-2/h8-9,11-12,15,17-18,20-21,24,26,29,35,38,44,47,59H,4-7,10,13-14,16,19,22-23,25,27-28,30-34,36-37,39-43,45-46,48-58H2,1-3H3/b11-8-,12-9-,18-15-,20-17-,24-21-,29-26-,38-35-,47-44-. The monoisotopic (exact) mass is 945 g/mol. The van der Waals surface area contributed by atoms with Gasteiger partial charge in [0.25, 0.3) is 0 Å². The zero-order chi connectivity index (χ0) is 49.3. The van der Waals surface area contributed by atoms with Crippen molar-refractivity contribution in [1.82, 2.24) is 0 Å². The number of rotatable bonds is 50. The molecular weight excluding hydrogens is 841 g/mol. The van der Waals surface area contributed by atoms with Crippen LogP contribution in [0.15, 0.2) is 97.2 Å². The van der Waals surface area contributed by atoms with Crippen molar-refractivity contribution in [2.75, 3.05) is 13.2 Å². The number of carbonyl (C=O) groups is 3. The zero-order valence-electron chi connectivity index (χ0n) is 44.3. The van der Waals surface area contributed by atoms with Crippen LogP contribution in [0, 0.1) is 0 Å². The SMILES string of the molecule is CC\C=C/C=C\C=C/CCCCCCCCCC(=O)OCC(COC(=O)CCCCCCCCCCCCCCCCCCCC)OC(=O)CCC/C=C\C/C=C\C/C=C\C/C=C\C/C=C\CC. The molecule has 0 aromatic carbocycles. The van der Waals surface area contributed by atoms with E-state index in [-0.39, 0.29) is 37.5 Å². The first-order valence-electron chi connectivity index (χ1n) is 28.3. The van der Waals surface area contributed by atoms with Crippen LogP contribution in [0.25, 0.3) is 0 Å². The van der Waals surface area contributed by atoms with Crippen LogP contribution < -0.4 is 0 Å². The van der Waals surface area contributed by atoms with Crippen LogP contribution in [-0.4, -0.2) is 37.2 Å². The Morgan fingerprint density at radius 2 is 0.662 bits per heavy atom. The van der Waals surface area contributed by atoms with E-state index < -0.39 is 6.10 Å². The molecule has 0 amide bonds. The second-order valence-corrected chi connectivity index (χ2v) is 18.5. The third-order valence-electron chi connectivity index (χ3n) is 11.9. The molecule has 0 aliphatic carbocycles. The molecule has 0 N–H and O–H groups in total. The van der Waals surface area contributed by atoms with E-state index >= 15 is 0 Å². The van der Waals surface area contributed by atoms with Gasteiger partial charge in [0.05, 0.1) is 0 Å². The Bertz CT molecular complexity index is 1360. The van der Waals surface area contributed by atoms with Crippen molar-refractivity contribution in [3.8, 4) is 0 Å². The lowest BCUT2D eigenvalue weighted by atomic mass is 10.0. The van der Waals surface area contributed by atoms with Gasteiger partial charge in [0.15, 0.2) is 6.10 Å². The summed E-state index contributed by atoms with van der Waals surface area (Å²) < 4.78 is 16.8. The van der Waals surface area contributed by atoms with E-state index in [0.717, 1.165) is 89.9 Å². The molecule has 0 rings (SSSR count). The molecule has 6 heteroatoms. The lowest BCUT2D eigenvalue weighted by molar-refractivity contribution is -0.167. The van der Waals surface area contributed by atoms with E-state index in [1.165, 1.54) is 122 Å². The van der Waals surface area contributed by atoms with Gasteiger partial charge in [-0.1, -0.05) is 259 Å². The molecular formula is C62H104O6. The Kier molecular flexibility index (Phi) is 52.9. The van der Waals surface area contributed by atoms with Crippen molar-refractivity contribution in [1.29, 1.82) is 0 Å². The number of ether oxygens (including phenoxy) is 3. The van der Waals surface area contributed by atoms with Crippen molar-refractivity contribution < 1.29 is 28.6 Å². The second-order valence-electron chi connectivity index (χ2n) is 18.5. The molecule has 0 heterocycles. The topological polar surface area (TPSA) is 78.9 Å². The van der Waals surface area contributed by atoms with Gasteiger partial charge in [-0.05, 0) is 77.0 Å². The predicted molar refractivity (Wildman–Crippen MR) is 293 cm³/mol. The summed E-state index contributed by atoms with van der Waals surface area (Å²) in [5, 5.41) is 0. The van der Waals surface area contributed by atoms with Crippen LogP contribution in [-0.2, 0) is 28.6 Å². The molecule has 6 nitrogen and oxygen atoms in total. The molecule has 0 aromatic rings. The van der Waals surface area contributed by atoms with E-state index in [1.54, 1.807) is 0 Å². The van der Waals surface area contributed by atoms with Gasteiger partial charge in [-0.25, -0.2) is 0 Å². The molecule has 0 radical (unpaired) electrons. The highest BCUT2D eigenvalue weighted by Gasteiger charge is 2.19. The smallest absolute Gasteiger partial charge is 0.306 e. The van der Waals surface area contributed by atoms with E-state index in [4.69, 9.17) is 14.2 Å². The largest absolute Gasteiger partial charge is 0.462 e. The Labute approximate surface area is 419 Å². The average Bonchev–Trinajstić information content (AvgIpc) is 3.34. The fraction of sp³-hybridized carbons (Fsp3) is 0.694. The molecule has 68 heavy (non-hydrogen) atoms. The summed E-state index contributed by atoms with van der Waals surface area (Å²) in [6, 6.07) is 0. The highest BCUT2D eigenvalue weighted by atomic mass is 16.6. The van der Waals surface area contributed by atoms with Gasteiger partial charge in [0.2, 0.25) is 0 Å². The fourth-order valence-electron chi connectivity index (χ4n) is 7.71. The van der Waals surface area contributed by atoms with Crippen molar-refractivity contribution >= 4 is 17.9 Å². The van der Waals surface area contributed by atoms with Gasteiger partial charge < -0.3 is 14.2 Å². The number of carbonyl (C=O) groups excluding carboxylic acids is 3. The first-order chi connectivity index (χ1) is 33.5. The first-order valence-corrected chi connectivity index (χ1v) is 28.3. The molecule has 0 aliphatic heterocycles. The van der Waals surface area contributed by atoms with Crippen molar-refractivity contribution in [3.05, 3.63) is 97.2 Å². The minimum absolute atomic E-state index is 0.103. The summed E-state index contributed by atoms with van der Waals surface area (Å²) in [5.74, 6) is -0.970. The molecule has 0 spiro atoms. The zero-order valence-corrected chi connectivity index (χ0v) is 44.3. The van der Waals surface area contributed by atoms with Gasteiger partial charge in [0, 0.05) is 19.3 Å². The Morgan fingerprint density at radius 3 is 1.09 bits per heavy atom. The summed E-state index contributed by atoms with van der Waals surface area (Å²) >= 11 is 0. The summed E-state index contributed by atoms with van der Waals surface area (Å²) in [6.07, 6.45) is 74.0. The number of hydrogen-bond acceptors (Lipinski definition) is 6. The fourth-order valence-corrected chi connectivity index (χ4v) is 7.71. The van der Waals surface area contributed by atoms with Gasteiger partial charge in [-0.3, -0.25) is 14.4 Å². The minimum atomic E-state index is -0.812. The Hall–Kier alpha value is -3.67.